The Morgan fingerprint density at radius 1 is 1.04 bits per heavy atom. The van der Waals surface area contributed by atoms with E-state index in [1.54, 1.807) is 19.1 Å². The molecule has 5 nitrogen and oxygen atoms in total. The van der Waals surface area contributed by atoms with Crippen LogP contribution in [0.5, 0.6) is 0 Å². The average molecular weight is 377 g/mol. The molecule has 0 saturated carbocycles. The minimum atomic E-state index is -3.76. The molecular formula is C18H20N2O3S2. The Labute approximate surface area is 151 Å². The Morgan fingerprint density at radius 2 is 1.76 bits per heavy atom. The van der Waals surface area contributed by atoms with Crippen LogP contribution in [0.3, 0.4) is 0 Å². The summed E-state index contributed by atoms with van der Waals surface area (Å²) in [5.41, 5.74) is 3.84. The van der Waals surface area contributed by atoms with E-state index < -0.39 is 10.0 Å². The Bertz CT molecular complexity index is 1050. The van der Waals surface area contributed by atoms with Crippen LogP contribution in [0, 0.1) is 34.6 Å². The molecule has 0 saturated heterocycles. The van der Waals surface area contributed by atoms with E-state index in [9.17, 15) is 8.42 Å². The standard InChI is InChI=1S/C18H20N2O3S2/c1-10-6-7-15(11(2)8-10)20-25(21,22)18-14(5)24-13(4)17(18)16-9-12(3)19-23-16/h6-9,20H,1-5H3. The van der Waals surface area contributed by atoms with Crippen LogP contribution in [-0.4, -0.2) is 13.6 Å². The highest BCUT2D eigenvalue weighted by molar-refractivity contribution is 7.93. The molecule has 25 heavy (non-hydrogen) atoms. The number of aromatic nitrogens is 1. The van der Waals surface area contributed by atoms with Crippen molar-refractivity contribution in [2.24, 2.45) is 0 Å². The van der Waals surface area contributed by atoms with E-state index in [-0.39, 0.29) is 4.90 Å². The van der Waals surface area contributed by atoms with Gasteiger partial charge in [0.25, 0.3) is 10.0 Å². The molecule has 0 radical (unpaired) electrons. The van der Waals surface area contributed by atoms with Crippen LogP contribution in [0.4, 0.5) is 5.69 Å². The van der Waals surface area contributed by atoms with Crippen molar-refractivity contribution in [1.29, 1.82) is 0 Å². The number of nitrogens with one attached hydrogen (secondary N) is 1. The van der Waals surface area contributed by atoms with Crippen molar-refractivity contribution in [2.75, 3.05) is 4.72 Å². The maximum Gasteiger partial charge on any atom is 0.263 e. The second kappa shape index (κ2) is 6.31. The highest BCUT2D eigenvalue weighted by Gasteiger charge is 2.28. The van der Waals surface area contributed by atoms with Crippen molar-refractivity contribution >= 4 is 27.0 Å². The summed E-state index contributed by atoms with van der Waals surface area (Å²) in [4.78, 5) is 1.86. The Balaban J connectivity index is 2.12. The smallest absolute Gasteiger partial charge is 0.263 e. The van der Waals surface area contributed by atoms with Crippen LogP contribution >= 0.6 is 11.3 Å². The first kappa shape index (κ1) is 17.7. The molecule has 7 heteroatoms. The lowest BCUT2D eigenvalue weighted by molar-refractivity contribution is 0.426. The van der Waals surface area contributed by atoms with Crippen molar-refractivity contribution in [3.63, 3.8) is 0 Å². The highest BCUT2D eigenvalue weighted by atomic mass is 32.2. The summed E-state index contributed by atoms with van der Waals surface area (Å²) >= 11 is 1.44. The van der Waals surface area contributed by atoms with Crippen molar-refractivity contribution in [1.82, 2.24) is 5.16 Å². The van der Waals surface area contributed by atoms with Gasteiger partial charge in [0.2, 0.25) is 0 Å². The first-order valence-electron chi connectivity index (χ1n) is 7.83. The molecule has 0 aliphatic rings. The fourth-order valence-corrected chi connectivity index (χ4v) is 5.88. The topological polar surface area (TPSA) is 72.2 Å². The van der Waals surface area contributed by atoms with Crippen molar-refractivity contribution < 1.29 is 12.9 Å². The average Bonchev–Trinajstić information content (AvgIpc) is 3.05. The molecular weight excluding hydrogens is 356 g/mol. The Hall–Kier alpha value is -2.12. The Kier molecular flexibility index (Phi) is 4.47. The monoisotopic (exact) mass is 376 g/mol. The van der Waals surface area contributed by atoms with Crippen LogP contribution in [-0.2, 0) is 10.0 Å². The van der Waals surface area contributed by atoms with E-state index in [1.165, 1.54) is 11.3 Å². The summed E-state index contributed by atoms with van der Waals surface area (Å²) in [6.07, 6.45) is 0. The largest absolute Gasteiger partial charge is 0.356 e. The molecule has 3 aromatic rings. The van der Waals surface area contributed by atoms with Crippen LogP contribution in [0.2, 0.25) is 0 Å². The number of benzene rings is 1. The highest BCUT2D eigenvalue weighted by Crippen LogP contribution is 2.40. The third-order valence-electron chi connectivity index (χ3n) is 3.97. The molecule has 132 valence electrons. The van der Waals surface area contributed by atoms with E-state index in [4.69, 9.17) is 4.52 Å². The first-order chi connectivity index (χ1) is 11.7. The Morgan fingerprint density at radius 3 is 2.36 bits per heavy atom. The lowest BCUT2D eigenvalue weighted by Gasteiger charge is -2.12. The molecule has 1 aromatic carbocycles. The fourth-order valence-electron chi connectivity index (χ4n) is 2.88. The lowest BCUT2D eigenvalue weighted by Crippen LogP contribution is -2.15. The molecule has 0 amide bonds. The second-order valence-corrected chi connectivity index (χ2v) is 9.22. The predicted molar refractivity (Wildman–Crippen MR) is 101 cm³/mol. The summed E-state index contributed by atoms with van der Waals surface area (Å²) in [5.74, 6) is 0.473. The van der Waals surface area contributed by atoms with Crippen LogP contribution in [0.1, 0.15) is 26.6 Å². The number of rotatable bonds is 4. The molecule has 0 fully saturated rings. The summed E-state index contributed by atoms with van der Waals surface area (Å²) in [5, 5.41) is 3.89. The van der Waals surface area contributed by atoms with E-state index in [0.717, 1.165) is 20.9 Å². The fraction of sp³-hybridized carbons (Fsp3) is 0.278. The van der Waals surface area contributed by atoms with Gasteiger partial charge < -0.3 is 4.52 Å². The summed E-state index contributed by atoms with van der Waals surface area (Å²) in [6, 6.07) is 7.38. The molecule has 0 aliphatic heterocycles. The number of thiophene rings is 1. The second-order valence-electron chi connectivity index (χ2n) is 6.17. The zero-order chi connectivity index (χ0) is 18.4. The van der Waals surface area contributed by atoms with Gasteiger partial charge in [-0.05, 0) is 46.2 Å². The molecule has 0 bridgehead atoms. The van der Waals surface area contributed by atoms with Gasteiger partial charge in [0.15, 0.2) is 5.76 Å². The zero-order valence-corrected chi connectivity index (χ0v) is 16.4. The van der Waals surface area contributed by atoms with Crippen molar-refractivity contribution in [2.45, 2.75) is 39.5 Å². The van der Waals surface area contributed by atoms with E-state index in [2.05, 4.69) is 9.88 Å². The molecule has 1 N–H and O–H groups in total. The van der Waals surface area contributed by atoms with Gasteiger partial charge in [0, 0.05) is 15.8 Å². The van der Waals surface area contributed by atoms with Gasteiger partial charge in [-0.3, -0.25) is 4.72 Å². The van der Waals surface area contributed by atoms with Crippen LogP contribution in [0.15, 0.2) is 33.7 Å². The van der Waals surface area contributed by atoms with Gasteiger partial charge in [-0.15, -0.1) is 11.3 Å². The molecule has 0 aliphatic carbocycles. The molecule has 0 atom stereocenters. The van der Waals surface area contributed by atoms with Gasteiger partial charge in [-0.1, -0.05) is 22.9 Å². The number of hydrogen-bond donors (Lipinski definition) is 1. The van der Waals surface area contributed by atoms with Gasteiger partial charge in [-0.2, -0.15) is 0 Å². The molecule has 0 spiro atoms. The van der Waals surface area contributed by atoms with Crippen molar-refractivity contribution in [3.05, 3.63) is 50.8 Å². The number of hydrogen-bond acceptors (Lipinski definition) is 5. The van der Waals surface area contributed by atoms with E-state index in [0.29, 0.717) is 22.7 Å². The van der Waals surface area contributed by atoms with Gasteiger partial charge in [0.05, 0.1) is 16.9 Å². The zero-order valence-electron chi connectivity index (χ0n) is 14.8. The number of sulfonamides is 1. The predicted octanol–water partition coefficient (Wildman–Crippen LogP) is 4.75. The summed E-state index contributed by atoms with van der Waals surface area (Å²) in [6.45, 7) is 9.37. The number of aryl methyl sites for hydroxylation is 5. The lowest BCUT2D eigenvalue weighted by atomic mass is 10.1. The maximum absolute atomic E-state index is 13.1. The van der Waals surface area contributed by atoms with Gasteiger partial charge in [-0.25, -0.2) is 8.42 Å². The molecule has 3 rings (SSSR count). The number of anilines is 1. The van der Waals surface area contributed by atoms with E-state index in [1.807, 2.05) is 39.8 Å². The van der Waals surface area contributed by atoms with Crippen LogP contribution < -0.4 is 4.72 Å². The normalized spacial score (nSPS) is 11.7. The molecule has 2 heterocycles. The molecule has 2 aromatic heterocycles. The van der Waals surface area contributed by atoms with Gasteiger partial charge >= 0.3 is 0 Å². The first-order valence-corrected chi connectivity index (χ1v) is 10.1. The molecule has 0 unspecified atom stereocenters. The summed E-state index contributed by atoms with van der Waals surface area (Å²) in [7, 11) is -3.76. The maximum atomic E-state index is 13.1. The number of nitrogens with zero attached hydrogens (tertiary/aromatic N) is 1. The van der Waals surface area contributed by atoms with Gasteiger partial charge in [0.1, 0.15) is 4.90 Å². The summed E-state index contributed by atoms with van der Waals surface area (Å²) < 4.78 is 34.3. The van der Waals surface area contributed by atoms with Crippen LogP contribution in [0.25, 0.3) is 11.3 Å². The van der Waals surface area contributed by atoms with E-state index >= 15 is 0 Å². The SMILES string of the molecule is Cc1ccc(NS(=O)(=O)c2c(C)sc(C)c2-c2cc(C)no2)c(C)c1. The minimum absolute atomic E-state index is 0.256. The third kappa shape index (κ3) is 3.34. The quantitative estimate of drug-likeness (QED) is 0.713. The third-order valence-corrected chi connectivity index (χ3v) is 6.66. The van der Waals surface area contributed by atoms with Crippen molar-refractivity contribution in [3.8, 4) is 11.3 Å². The minimum Gasteiger partial charge on any atom is -0.356 e.